The minimum atomic E-state index is -4.32. The molecule has 0 saturated heterocycles. The number of nitrogens with zero attached hydrogens (tertiary/aromatic N) is 2. The first-order valence-corrected chi connectivity index (χ1v) is 15.1. The van der Waals surface area contributed by atoms with Crippen molar-refractivity contribution < 1.29 is 27.5 Å². The van der Waals surface area contributed by atoms with Crippen LogP contribution in [0, 0.1) is 0 Å². The Balaban J connectivity index is 2.10. The summed E-state index contributed by atoms with van der Waals surface area (Å²) in [4.78, 5) is 28.3. The molecular weight excluding hydrogens is 589 g/mol. The molecule has 41 heavy (non-hydrogen) atoms. The number of carbonyl (C=O) groups excluding carboxylic acids is 2. The van der Waals surface area contributed by atoms with Crippen LogP contribution in [0.5, 0.6) is 11.5 Å². The van der Waals surface area contributed by atoms with Gasteiger partial charge >= 0.3 is 0 Å². The molecule has 0 aromatic heterocycles. The van der Waals surface area contributed by atoms with Gasteiger partial charge in [0.2, 0.25) is 11.8 Å². The van der Waals surface area contributed by atoms with Gasteiger partial charge in [0.05, 0.1) is 24.8 Å². The number of rotatable bonds is 13. The van der Waals surface area contributed by atoms with Crippen molar-refractivity contribution in [3.63, 3.8) is 0 Å². The second-order valence-electron chi connectivity index (χ2n) is 8.94. The van der Waals surface area contributed by atoms with Crippen LogP contribution in [0.4, 0.5) is 5.69 Å². The van der Waals surface area contributed by atoms with Crippen LogP contribution in [-0.2, 0) is 26.2 Å². The maximum absolute atomic E-state index is 14.1. The number of sulfonamides is 1. The maximum Gasteiger partial charge on any atom is 0.264 e. The lowest BCUT2D eigenvalue weighted by atomic mass is 10.1. The number of amides is 2. The number of likely N-dealkylation sites (N-methyl/N-ethyl adjacent to an activating group) is 1. The lowest BCUT2D eigenvalue weighted by Gasteiger charge is -2.33. The van der Waals surface area contributed by atoms with Gasteiger partial charge < -0.3 is 19.7 Å². The first-order chi connectivity index (χ1) is 19.6. The molecule has 0 unspecified atom stereocenters. The van der Waals surface area contributed by atoms with E-state index in [2.05, 4.69) is 5.32 Å². The SMILES string of the molecule is CCNC(=O)[C@@H](CC)N(Cc1ccccc1Cl)C(=O)CN(c1ccc(Cl)cc1)S(=O)(=O)c1ccc(OC)c(OC)c1. The third-order valence-corrected chi connectivity index (χ3v) is 8.76. The lowest BCUT2D eigenvalue weighted by molar-refractivity contribution is -0.140. The molecule has 9 nitrogen and oxygen atoms in total. The summed E-state index contributed by atoms with van der Waals surface area (Å²) in [5, 5.41) is 3.58. The average Bonchev–Trinajstić information content (AvgIpc) is 2.96. The zero-order valence-electron chi connectivity index (χ0n) is 23.3. The molecule has 0 heterocycles. The molecule has 0 aliphatic heterocycles. The normalized spacial score (nSPS) is 11.9. The van der Waals surface area contributed by atoms with Crippen molar-refractivity contribution in [3.05, 3.63) is 82.3 Å². The van der Waals surface area contributed by atoms with Gasteiger partial charge in [0.25, 0.3) is 10.0 Å². The molecular formula is C29H33Cl2N3O6S. The summed E-state index contributed by atoms with van der Waals surface area (Å²) in [5.41, 5.74) is 0.826. The molecule has 3 rings (SSSR count). The highest BCUT2D eigenvalue weighted by Gasteiger charge is 2.34. The van der Waals surface area contributed by atoms with Gasteiger partial charge in [0.1, 0.15) is 12.6 Å². The molecule has 12 heteroatoms. The second-order valence-corrected chi connectivity index (χ2v) is 11.6. The summed E-state index contributed by atoms with van der Waals surface area (Å²) in [5.74, 6) is -0.393. The minimum Gasteiger partial charge on any atom is -0.493 e. The molecule has 0 aliphatic rings. The topological polar surface area (TPSA) is 105 Å². The molecule has 3 aromatic carbocycles. The number of hydrogen-bond donors (Lipinski definition) is 1. The summed E-state index contributed by atoms with van der Waals surface area (Å²) in [6.45, 7) is 3.33. The highest BCUT2D eigenvalue weighted by Crippen LogP contribution is 2.33. The third kappa shape index (κ3) is 7.63. The van der Waals surface area contributed by atoms with E-state index in [4.69, 9.17) is 32.7 Å². The Labute approximate surface area is 251 Å². The van der Waals surface area contributed by atoms with Gasteiger partial charge in [-0.25, -0.2) is 8.42 Å². The predicted molar refractivity (Wildman–Crippen MR) is 160 cm³/mol. The quantitative estimate of drug-likeness (QED) is 0.283. The van der Waals surface area contributed by atoms with Crippen molar-refractivity contribution in [1.29, 1.82) is 0 Å². The Kier molecular flexibility index (Phi) is 11.3. The molecule has 0 bridgehead atoms. The standard InChI is InChI=1S/C29H33Cl2N3O6S/c1-5-25(29(36)32-6-2)33(18-20-9-7-8-10-24(20)31)28(35)19-34(22-13-11-21(30)12-14-22)41(37,38)23-15-16-26(39-3)27(17-23)40-4/h7-17,25H,5-6,18-19H2,1-4H3,(H,32,36)/t25-/m1/s1. The molecule has 220 valence electrons. The van der Waals surface area contributed by atoms with Crippen molar-refractivity contribution in [3.8, 4) is 11.5 Å². The van der Waals surface area contributed by atoms with E-state index in [-0.39, 0.29) is 28.8 Å². The van der Waals surface area contributed by atoms with Gasteiger partial charge in [0, 0.05) is 29.2 Å². The van der Waals surface area contributed by atoms with E-state index in [1.54, 1.807) is 38.1 Å². The van der Waals surface area contributed by atoms with Crippen molar-refractivity contribution in [2.45, 2.75) is 37.8 Å². The Hall–Kier alpha value is -3.47. The number of benzene rings is 3. The molecule has 2 amide bonds. The molecule has 0 saturated carbocycles. The Morgan fingerprint density at radius 1 is 0.927 bits per heavy atom. The van der Waals surface area contributed by atoms with Crippen molar-refractivity contribution >= 4 is 50.7 Å². The minimum absolute atomic E-state index is 0.000980. The second kappa shape index (κ2) is 14.4. The van der Waals surface area contributed by atoms with Gasteiger partial charge in [-0.2, -0.15) is 0 Å². The van der Waals surface area contributed by atoms with E-state index < -0.39 is 28.5 Å². The van der Waals surface area contributed by atoms with Gasteiger partial charge in [-0.15, -0.1) is 0 Å². The predicted octanol–water partition coefficient (Wildman–Crippen LogP) is 5.15. The summed E-state index contributed by atoms with van der Waals surface area (Å²) in [7, 11) is -1.48. The highest BCUT2D eigenvalue weighted by atomic mass is 35.5. The number of methoxy groups -OCH3 is 2. The zero-order valence-corrected chi connectivity index (χ0v) is 25.6. The number of ether oxygens (including phenoxy) is 2. The first kappa shape index (κ1) is 32.0. The van der Waals surface area contributed by atoms with Crippen molar-refractivity contribution in [1.82, 2.24) is 10.2 Å². The number of hydrogen-bond acceptors (Lipinski definition) is 6. The summed E-state index contributed by atoms with van der Waals surface area (Å²) < 4.78 is 39.7. The van der Waals surface area contributed by atoms with E-state index in [9.17, 15) is 18.0 Å². The van der Waals surface area contributed by atoms with Crippen molar-refractivity contribution in [2.24, 2.45) is 0 Å². The summed E-state index contributed by atoms with van der Waals surface area (Å²) in [6, 6.07) is 16.4. The van der Waals surface area contributed by atoms with Crippen LogP contribution in [0.1, 0.15) is 25.8 Å². The molecule has 1 N–H and O–H groups in total. The fourth-order valence-corrected chi connectivity index (χ4v) is 6.01. The van der Waals surface area contributed by atoms with Crippen molar-refractivity contribution in [2.75, 3.05) is 31.6 Å². The van der Waals surface area contributed by atoms with Gasteiger partial charge in [-0.3, -0.25) is 13.9 Å². The Morgan fingerprint density at radius 2 is 1.59 bits per heavy atom. The Bertz CT molecular complexity index is 1470. The molecule has 3 aromatic rings. The summed E-state index contributed by atoms with van der Waals surface area (Å²) >= 11 is 12.5. The first-order valence-electron chi connectivity index (χ1n) is 12.9. The highest BCUT2D eigenvalue weighted by molar-refractivity contribution is 7.92. The number of nitrogens with one attached hydrogen (secondary N) is 1. The van der Waals surface area contributed by atoms with Crippen LogP contribution in [0.15, 0.2) is 71.6 Å². The van der Waals surface area contributed by atoms with E-state index in [1.807, 2.05) is 0 Å². The van der Waals surface area contributed by atoms with Gasteiger partial charge in [-0.1, -0.05) is 48.3 Å². The average molecular weight is 623 g/mol. The smallest absolute Gasteiger partial charge is 0.264 e. The van der Waals surface area contributed by atoms with Crippen LogP contribution in [0.3, 0.4) is 0 Å². The van der Waals surface area contributed by atoms with Crippen LogP contribution in [0.2, 0.25) is 10.0 Å². The molecule has 0 aliphatic carbocycles. The van der Waals surface area contributed by atoms with Gasteiger partial charge in [0.15, 0.2) is 11.5 Å². The van der Waals surface area contributed by atoms with E-state index in [0.29, 0.717) is 34.3 Å². The van der Waals surface area contributed by atoms with Gasteiger partial charge in [-0.05, 0) is 61.4 Å². The molecule has 0 spiro atoms. The van der Waals surface area contributed by atoms with Crippen LogP contribution >= 0.6 is 23.2 Å². The third-order valence-electron chi connectivity index (χ3n) is 6.37. The number of carbonyl (C=O) groups is 2. The van der Waals surface area contributed by atoms with Crippen LogP contribution in [0.25, 0.3) is 0 Å². The number of anilines is 1. The fraction of sp³-hybridized carbons (Fsp3) is 0.310. The fourth-order valence-electron chi connectivity index (χ4n) is 4.26. The van der Waals surface area contributed by atoms with Crippen LogP contribution in [-0.4, -0.2) is 58.5 Å². The van der Waals surface area contributed by atoms with E-state index in [1.165, 1.54) is 61.6 Å². The lowest BCUT2D eigenvalue weighted by Crippen LogP contribution is -2.52. The number of halogens is 2. The van der Waals surface area contributed by atoms with Crippen LogP contribution < -0.4 is 19.1 Å². The molecule has 0 fully saturated rings. The van der Waals surface area contributed by atoms with E-state index in [0.717, 1.165) is 4.31 Å². The Morgan fingerprint density at radius 3 is 2.17 bits per heavy atom. The molecule has 1 atom stereocenters. The monoisotopic (exact) mass is 621 g/mol. The largest absolute Gasteiger partial charge is 0.493 e. The zero-order chi connectivity index (χ0) is 30.2. The summed E-state index contributed by atoms with van der Waals surface area (Å²) in [6.07, 6.45) is 0.297. The maximum atomic E-state index is 14.1. The molecule has 0 radical (unpaired) electrons. The van der Waals surface area contributed by atoms with E-state index >= 15 is 0 Å².